The molecule has 3 aromatic rings. The molecule has 0 aliphatic heterocycles. The Kier molecular flexibility index (Phi) is 6.89. The van der Waals surface area contributed by atoms with Gasteiger partial charge < -0.3 is 14.8 Å². The molecule has 29 heavy (non-hydrogen) atoms. The second-order valence-corrected chi connectivity index (χ2v) is 6.74. The fraction of sp³-hybridized carbons (Fsp3) is 0.304. The van der Waals surface area contributed by atoms with Gasteiger partial charge in [0.2, 0.25) is 0 Å². The van der Waals surface area contributed by atoms with Crippen LogP contribution >= 0.6 is 0 Å². The molecule has 6 nitrogen and oxygen atoms in total. The van der Waals surface area contributed by atoms with E-state index in [9.17, 15) is 4.79 Å². The molecule has 1 heterocycles. The van der Waals surface area contributed by atoms with E-state index >= 15 is 0 Å². The van der Waals surface area contributed by atoms with E-state index in [-0.39, 0.29) is 12.5 Å². The maximum atomic E-state index is 12.3. The molecule has 0 radical (unpaired) electrons. The van der Waals surface area contributed by atoms with E-state index in [4.69, 9.17) is 9.47 Å². The Balaban J connectivity index is 1.56. The molecule has 3 rings (SSSR count). The topological polar surface area (TPSA) is 65.4 Å². The molecule has 6 heteroatoms. The van der Waals surface area contributed by atoms with Crippen molar-refractivity contribution in [2.75, 3.05) is 13.2 Å². The van der Waals surface area contributed by atoms with Gasteiger partial charge in [-0.25, -0.2) is 0 Å². The molecule has 0 aliphatic rings. The number of aryl methyl sites for hydroxylation is 1. The zero-order valence-electron chi connectivity index (χ0n) is 17.1. The van der Waals surface area contributed by atoms with E-state index < -0.39 is 0 Å². The number of hydrogen-bond acceptors (Lipinski definition) is 4. The average Bonchev–Trinajstić information content (AvgIpc) is 2.99. The number of ether oxygens (including phenoxy) is 2. The second-order valence-electron chi connectivity index (χ2n) is 6.74. The molecule has 0 aliphatic carbocycles. The van der Waals surface area contributed by atoms with Crippen LogP contribution in [0.2, 0.25) is 0 Å². The highest BCUT2D eigenvalue weighted by molar-refractivity contribution is 5.77. The number of para-hydroxylation sites is 2. The van der Waals surface area contributed by atoms with Gasteiger partial charge in [0.05, 0.1) is 18.8 Å². The number of nitrogens with zero attached hydrogens (tertiary/aromatic N) is 2. The third-order valence-corrected chi connectivity index (χ3v) is 4.68. The molecule has 1 amide bonds. The molecule has 2 aromatic carbocycles. The Morgan fingerprint density at radius 2 is 1.66 bits per heavy atom. The minimum atomic E-state index is -0.189. The Morgan fingerprint density at radius 3 is 2.34 bits per heavy atom. The van der Waals surface area contributed by atoms with Crippen molar-refractivity contribution in [3.8, 4) is 11.5 Å². The van der Waals surface area contributed by atoms with Crippen LogP contribution in [-0.2, 0) is 17.9 Å². The largest absolute Gasteiger partial charge is 0.490 e. The SMILES string of the molecule is CCOc1ccccc1OCC(=O)NCc1c(C)nn(Cc2ccccc2)c1C. The van der Waals surface area contributed by atoms with E-state index in [0.717, 1.165) is 17.0 Å². The molecular formula is C23H27N3O3. The van der Waals surface area contributed by atoms with Crippen LogP contribution in [0.1, 0.15) is 29.4 Å². The highest BCUT2D eigenvalue weighted by Crippen LogP contribution is 2.26. The van der Waals surface area contributed by atoms with Crippen LogP contribution in [0.4, 0.5) is 0 Å². The van der Waals surface area contributed by atoms with Crippen molar-refractivity contribution in [2.45, 2.75) is 33.9 Å². The maximum absolute atomic E-state index is 12.3. The second kappa shape index (κ2) is 9.78. The summed E-state index contributed by atoms with van der Waals surface area (Å²) in [6.45, 7) is 7.50. The number of aromatic nitrogens is 2. The molecule has 152 valence electrons. The fourth-order valence-electron chi connectivity index (χ4n) is 3.13. The van der Waals surface area contributed by atoms with E-state index in [1.165, 1.54) is 5.56 Å². The summed E-state index contributed by atoms with van der Waals surface area (Å²) in [5.41, 5.74) is 4.19. The number of rotatable bonds is 9. The molecule has 1 N–H and O–H groups in total. The van der Waals surface area contributed by atoms with E-state index in [1.54, 1.807) is 6.07 Å². The van der Waals surface area contributed by atoms with Gasteiger partial charge >= 0.3 is 0 Å². The van der Waals surface area contributed by atoms with Gasteiger partial charge in [-0.05, 0) is 38.5 Å². The van der Waals surface area contributed by atoms with E-state index in [0.29, 0.717) is 31.2 Å². The van der Waals surface area contributed by atoms with Gasteiger partial charge in [0.1, 0.15) is 0 Å². The summed E-state index contributed by atoms with van der Waals surface area (Å²) < 4.78 is 13.1. The zero-order valence-corrected chi connectivity index (χ0v) is 17.1. The summed E-state index contributed by atoms with van der Waals surface area (Å²) in [5.74, 6) is 1.01. The molecule has 0 fully saturated rings. The Labute approximate surface area is 171 Å². The summed E-state index contributed by atoms with van der Waals surface area (Å²) in [4.78, 5) is 12.3. The molecule has 0 unspecified atom stereocenters. The normalized spacial score (nSPS) is 10.6. The molecular weight excluding hydrogens is 366 g/mol. The first-order valence-electron chi connectivity index (χ1n) is 9.76. The maximum Gasteiger partial charge on any atom is 0.258 e. The van der Waals surface area contributed by atoms with Crippen LogP contribution in [0.25, 0.3) is 0 Å². The van der Waals surface area contributed by atoms with Crippen LogP contribution < -0.4 is 14.8 Å². The van der Waals surface area contributed by atoms with Gasteiger partial charge in [-0.15, -0.1) is 0 Å². The van der Waals surface area contributed by atoms with Crippen molar-refractivity contribution in [3.63, 3.8) is 0 Å². The van der Waals surface area contributed by atoms with Crippen molar-refractivity contribution in [2.24, 2.45) is 0 Å². The minimum Gasteiger partial charge on any atom is -0.490 e. The molecule has 0 spiro atoms. The van der Waals surface area contributed by atoms with Crippen LogP contribution in [0.15, 0.2) is 54.6 Å². The Hall–Kier alpha value is -3.28. The van der Waals surface area contributed by atoms with Gasteiger partial charge in [-0.2, -0.15) is 5.10 Å². The number of carbonyl (C=O) groups is 1. The number of hydrogen-bond donors (Lipinski definition) is 1. The summed E-state index contributed by atoms with van der Waals surface area (Å²) >= 11 is 0. The van der Waals surface area contributed by atoms with Crippen molar-refractivity contribution >= 4 is 5.91 Å². The number of amides is 1. The number of nitrogens with one attached hydrogen (secondary N) is 1. The highest BCUT2D eigenvalue weighted by Gasteiger charge is 2.13. The number of carbonyl (C=O) groups excluding carboxylic acids is 1. The van der Waals surface area contributed by atoms with Gasteiger partial charge in [-0.3, -0.25) is 9.48 Å². The molecule has 0 atom stereocenters. The van der Waals surface area contributed by atoms with Crippen LogP contribution in [0, 0.1) is 13.8 Å². The lowest BCUT2D eigenvalue weighted by Crippen LogP contribution is -2.28. The zero-order chi connectivity index (χ0) is 20.6. The third kappa shape index (κ3) is 5.38. The summed E-state index contributed by atoms with van der Waals surface area (Å²) in [6.07, 6.45) is 0. The summed E-state index contributed by atoms with van der Waals surface area (Å²) in [7, 11) is 0. The Morgan fingerprint density at radius 1 is 1.00 bits per heavy atom. The van der Waals surface area contributed by atoms with Gasteiger partial charge in [0.25, 0.3) is 5.91 Å². The third-order valence-electron chi connectivity index (χ3n) is 4.68. The van der Waals surface area contributed by atoms with Gasteiger partial charge in [-0.1, -0.05) is 42.5 Å². The van der Waals surface area contributed by atoms with Gasteiger partial charge in [0.15, 0.2) is 18.1 Å². The summed E-state index contributed by atoms with van der Waals surface area (Å²) in [6, 6.07) is 17.5. The average molecular weight is 393 g/mol. The highest BCUT2D eigenvalue weighted by atomic mass is 16.5. The van der Waals surface area contributed by atoms with Crippen molar-refractivity contribution in [1.29, 1.82) is 0 Å². The smallest absolute Gasteiger partial charge is 0.258 e. The van der Waals surface area contributed by atoms with Crippen molar-refractivity contribution < 1.29 is 14.3 Å². The molecule has 0 saturated carbocycles. The first kappa shape index (κ1) is 20.5. The van der Waals surface area contributed by atoms with Crippen LogP contribution in [0.5, 0.6) is 11.5 Å². The standard InChI is InChI=1S/C23H27N3O3/c1-4-28-21-12-8-9-13-22(21)29-16-23(27)24-14-20-17(2)25-26(18(20)3)15-19-10-6-5-7-11-19/h5-13H,4,14-16H2,1-3H3,(H,24,27). The van der Waals surface area contributed by atoms with Crippen LogP contribution in [-0.4, -0.2) is 28.9 Å². The van der Waals surface area contributed by atoms with E-state index in [2.05, 4.69) is 22.5 Å². The predicted molar refractivity (Wildman–Crippen MR) is 112 cm³/mol. The Bertz CT molecular complexity index is 951. The minimum absolute atomic E-state index is 0.0691. The fourth-order valence-corrected chi connectivity index (χ4v) is 3.13. The summed E-state index contributed by atoms with van der Waals surface area (Å²) in [5, 5.41) is 7.55. The van der Waals surface area contributed by atoms with Crippen LogP contribution in [0.3, 0.4) is 0 Å². The number of benzene rings is 2. The lowest BCUT2D eigenvalue weighted by atomic mass is 10.2. The molecule has 0 bridgehead atoms. The molecule has 1 aromatic heterocycles. The van der Waals surface area contributed by atoms with Gasteiger partial charge in [0, 0.05) is 17.8 Å². The molecule has 0 saturated heterocycles. The lowest BCUT2D eigenvalue weighted by Gasteiger charge is -2.12. The predicted octanol–water partition coefficient (Wildman–Crippen LogP) is 3.64. The lowest BCUT2D eigenvalue weighted by molar-refractivity contribution is -0.123. The first-order valence-corrected chi connectivity index (χ1v) is 9.76. The van der Waals surface area contributed by atoms with Crippen molar-refractivity contribution in [1.82, 2.24) is 15.1 Å². The quantitative estimate of drug-likeness (QED) is 0.603. The first-order chi connectivity index (χ1) is 14.1. The van der Waals surface area contributed by atoms with E-state index in [1.807, 2.05) is 61.9 Å². The van der Waals surface area contributed by atoms with Crippen molar-refractivity contribution in [3.05, 3.63) is 77.1 Å². The monoisotopic (exact) mass is 393 g/mol.